The summed E-state index contributed by atoms with van der Waals surface area (Å²) >= 11 is 12.8. The van der Waals surface area contributed by atoms with E-state index in [0.717, 1.165) is 17.3 Å². The van der Waals surface area contributed by atoms with Crippen molar-refractivity contribution in [3.63, 3.8) is 0 Å². The monoisotopic (exact) mass is 273 g/mol. The highest BCUT2D eigenvalue weighted by Crippen LogP contribution is 2.25. The van der Waals surface area contributed by atoms with E-state index in [-0.39, 0.29) is 11.0 Å². The Bertz CT molecular complexity index is 442. The summed E-state index contributed by atoms with van der Waals surface area (Å²) in [6, 6.07) is 5.10. The number of ketones is 1. The molecule has 0 aliphatic heterocycles. The van der Waals surface area contributed by atoms with E-state index in [1.54, 1.807) is 18.2 Å². The molecule has 0 N–H and O–H groups in total. The quantitative estimate of drug-likeness (QED) is 0.786. The number of halogens is 2. The van der Waals surface area contributed by atoms with Crippen LogP contribution in [0.3, 0.4) is 0 Å². The molecule has 0 radical (unpaired) electrons. The van der Waals surface area contributed by atoms with Gasteiger partial charge in [0, 0.05) is 10.0 Å². The van der Waals surface area contributed by atoms with E-state index in [9.17, 15) is 4.79 Å². The highest BCUT2D eigenvalue weighted by molar-refractivity contribution is 8.04. The van der Waals surface area contributed by atoms with Crippen LogP contribution in [0.25, 0.3) is 0 Å². The minimum atomic E-state index is -0.388. The van der Waals surface area contributed by atoms with Crippen LogP contribution < -0.4 is 0 Å². The third kappa shape index (κ3) is 3.71. The van der Waals surface area contributed by atoms with E-state index in [4.69, 9.17) is 28.5 Å². The molecular formula is C11H9Cl2NOS. The van der Waals surface area contributed by atoms with Gasteiger partial charge in [-0.05, 0) is 48.9 Å². The minimum absolute atomic E-state index is 0.0393. The second-order valence-electron chi connectivity index (χ2n) is 3.25. The number of thioether (sulfide) groups is 1. The third-order valence-corrected chi connectivity index (χ3v) is 3.55. The van der Waals surface area contributed by atoms with Crippen molar-refractivity contribution in [2.45, 2.75) is 18.6 Å². The van der Waals surface area contributed by atoms with Crippen molar-refractivity contribution in [1.82, 2.24) is 0 Å². The van der Waals surface area contributed by atoms with Gasteiger partial charge in [-0.15, -0.1) is 0 Å². The Hall–Kier alpha value is -0.690. The molecule has 1 atom stereocenters. The van der Waals surface area contributed by atoms with Gasteiger partial charge >= 0.3 is 0 Å². The number of Topliss-reactive ketones (excluding diaryl/α,β-unsaturated/α-hetero) is 1. The minimum Gasteiger partial charge on any atom is -0.299 e. The number of hydrogen-bond acceptors (Lipinski definition) is 3. The zero-order valence-corrected chi connectivity index (χ0v) is 10.9. The molecule has 16 heavy (non-hydrogen) atoms. The summed E-state index contributed by atoms with van der Waals surface area (Å²) in [5.74, 6) is -0.0393. The first-order valence-corrected chi connectivity index (χ1v) is 6.17. The number of hydrogen-bond donors (Lipinski definition) is 0. The molecule has 0 aromatic heterocycles. The Morgan fingerprint density at radius 1 is 1.56 bits per heavy atom. The van der Waals surface area contributed by atoms with Crippen molar-refractivity contribution in [3.8, 4) is 5.40 Å². The maximum Gasteiger partial charge on any atom is 0.144 e. The van der Waals surface area contributed by atoms with Crippen molar-refractivity contribution in [1.29, 1.82) is 5.26 Å². The van der Waals surface area contributed by atoms with E-state index in [0.29, 0.717) is 16.5 Å². The highest BCUT2D eigenvalue weighted by atomic mass is 35.5. The molecule has 0 aliphatic rings. The summed E-state index contributed by atoms with van der Waals surface area (Å²) in [6.07, 6.45) is 0.424. The van der Waals surface area contributed by atoms with Crippen LogP contribution in [0.15, 0.2) is 18.2 Å². The molecule has 0 unspecified atom stereocenters. The standard InChI is InChI=1S/C11H9Cl2NOS/c1-7(15)11(16-6-14)5-8-4-9(12)2-3-10(8)13/h2-4,11H,5H2,1H3/t11-/m0/s1. The van der Waals surface area contributed by atoms with Gasteiger partial charge in [-0.25, -0.2) is 0 Å². The fourth-order valence-electron chi connectivity index (χ4n) is 1.23. The summed E-state index contributed by atoms with van der Waals surface area (Å²) in [7, 11) is 0. The maximum atomic E-state index is 11.3. The summed E-state index contributed by atoms with van der Waals surface area (Å²) in [6.45, 7) is 1.47. The second kappa shape index (κ2) is 6.15. The Morgan fingerprint density at radius 2 is 2.25 bits per heavy atom. The molecule has 1 aromatic carbocycles. The van der Waals surface area contributed by atoms with E-state index in [2.05, 4.69) is 0 Å². The van der Waals surface area contributed by atoms with Gasteiger partial charge in [-0.1, -0.05) is 23.2 Å². The summed E-state index contributed by atoms with van der Waals surface area (Å²) in [4.78, 5) is 11.3. The molecule has 0 spiro atoms. The summed E-state index contributed by atoms with van der Waals surface area (Å²) in [5.41, 5.74) is 0.789. The van der Waals surface area contributed by atoms with E-state index >= 15 is 0 Å². The molecule has 84 valence electrons. The molecular weight excluding hydrogens is 265 g/mol. The smallest absolute Gasteiger partial charge is 0.144 e. The van der Waals surface area contributed by atoms with Crippen LogP contribution in [0.4, 0.5) is 0 Å². The van der Waals surface area contributed by atoms with Gasteiger partial charge in [0.05, 0.1) is 5.25 Å². The van der Waals surface area contributed by atoms with Crippen molar-refractivity contribution in [2.24, 2.45) is 0 Å². The lowest BCUT2D eigenvalue weighted by atomic mass is 10.1. The summed E-state index contributed by atoms with van der Waals surface area (Å²) < 4.78 is 0. The van der Waals surface area contributed by atoms with E-state index in [1.165, 1.54) is 6.92 Å². The topological polar surface area (TPSA) is 40.9 Å². The van der Waals surface area contributed by atoms with Crippen molar-refractivity contribution in [3.05, 3.63) is 33.8 Å². The van der Waals surface area contributed by atoms with Crippen molar-refractivity contribution in [2.75, 3.05) is 0 Å². The molecule has 1 aromatic rings. The zero-order valence-electron chi connectivity index (χ0n) is 8.54. The van der Waals surface area contributed by atoms with Crippen LogP contribution in [0.1, 0.15) is 12.5 Å². The van der Waals surface area contributed by atoms with Crippen LogP contribution in [0.2, 0.25) is 10.0 Å². The number of carbonyl (C=O) groups excluding carboxylic acids is 1. The Labute approximate surface area is 109 Å². The van der Waals surface area contributed by atoms with Gasteiger partial charge in [-0.2, -0.15) is 5.26 Å². The molecule has 0 saturated carbocycles. The van der Waals surface area contributed by atoms with Crippen LogP contribution in [0.5, 0.6) is 0 Å². The lowest BCUT2D eigenvalue weighted by molar-refractivity contribution is -0.116. The maximum absolute atomic E-state index is 11.3. The molecule has 0 fully saturated rings. The van der Waals surface area contributed by atoms with Gasteiger partial charge in [0.1, 0.15) is 11.2 Å². The number of rotatable bonds is 4. The average molecular weight is 274 g/mol. The first-order chi connectivity index (χ1) is 7.54. The van der Waals surface area contributed by atoms with Gasteiger partial charge in [-0.3, -0.25) is 4.79 Å². The average Bonchev–Trinajstić information content (AvgIpc) is 2.22. The number of nitrogens with zero attached hydrogens (tertiary/aromatic N) is 1. The van der Waals surface area contributed by atoms with Crippen molar-refractivity contribution < 1.29 is 4.79 Å². The van der Waals surface area contributed by atoms with E-state index in [1.807, 2.05) is 5.40 Å². The molecule has 0 bridgehead atoms. The van der Waals surface area contributed by atoms with Crippen LogP contribution >= 0.6 is 35.0 Å². The normalized spacial score (nSPS) is 11.9. The Kier molecular flexibility index (Phi) is 5.14. The van der Waals surface area contributed by atoms with Gasteiger partial charge in [0.15, 0.2) is 0 Å². The zero-order chi connectivity index (χ0) is 12.1. The molecule has 0 amide bonds. The van der Waals surface area contributed by atoms with Crippen LogP contribution in [0, 0.1) is 10.7 Å². The van der Waals surface area contributed by atoms with Gasteiger partial charge in [0.2, 0.25) is 0 Å². The number of nitriles is 1. The highest BCUT2D eigenvalue weighted by Gasteiger charge is 2.17. The van der Waals surface area contributed by atoms with Crippen molar-refractivity contribution >= 4 is 40.7 Å². The Morgan fingerprint density at radius 3 is 2.81 bits per heavy atom. The lowest BCUT2D eigenvalue weighted by Crippen LogP contribution is -2.16. The SMILES string of the molecule is CC(=O)[C@H](Cc1cc(Cl)ccc1Cl)SC#N. The fraction of sp³-hybridized carbons (Fsp3) is 0.273. The molecule has 0 aliphatic carbocycles. The number of carbonyl (C=O) groups is 1. The van der Waals surface area contributed by atoms with Crippen LogP contribution in [-0.2, 0) is 11.2 Å². The molecule has 2 nitrogen and oxygen atoms in total. The molecule has 5 heteroatoms. The third-order valence-electron chi connectivity index (χ3n) is 2.06. The number of thiocyanates is 1. The second-order valence-corrected chi connectivity index (χ2v) is 5.08. The Balaban J connectivity index is 2.89. The first-order valence-electron chi connectivity index (χ1n) is 4.53. The van der Waals surface area contributed by atoms with Gasteiger partial charge < -0.3 is 0 Å². The lowest BCUT2D eigenvalue weighted by Gasteiger charge is -2.10. The first kappa shape index (κ1) is 13.4. The summed E-state index contributed by atoms with van der Waals surface area (Å²) in [5, 5.41) is 11.3. The predicted molar refractivity (Wildman–Crippen MR) is 67.8 cm³/mol. The predicted octanol–water partition coefficient (Wildman–Crippen LogP) is 3.71. The molecule has 0 saturated heterocycles. The van der Waals surface area contributed by atoms with E-state index < -0.39 is 0 Å². The molecule has 0 heterocycles. The van der Waals surface area contributed by atoms with Crippen LogP contribution in [-0.4, -0.2) is 11.0 Å². The fourth-order valence-corrected chi connectivity index (χ4v) is 2.18. The van der Waals surface area contributed by atoms with Gasteiger partial charge in [0.25, 0.3) is 0 Å². The number of benzene rings is 1. The largest absolute Gasteiger partial charge is 0.299 e. The molecule has 1 rings (SSSR count).